The van der Waals surface area contributed by atoms with Gasteiger partial charge in [0.2, 0.25) is 0 Å². The van der Waals surface area contributed by atoms with E-state index in [0.717, 1.165) is 17.6 Å². The summed E-state index contributed by atoms with van der Waals surface area (Å²) < 4.78 is 5.73. The van der Waals surface area contributed by atoms with E-state index < -0.39 is 0 Å². The molecule has 0 amide bonds. The fourth-order valence-corrected chi connectivity index (χ4v) is 2.54. The summed E-state index contributed by atoms with van der Waals surface area (Å²) in [4.78, 5) is 12.2. The topological polar surface area (TPSA) is 26.3 Å². The normalized spacial score (nSPS) is 10.2. The number of aldehydes is 1. The molecule has 0 aliphatic heterocycles. The Bertz CT molecular complexity index is 538. The molecule has 98 valence electrons. The predicted octanol–water partition coefficient (Wildman–Crippen LogP) is 3.98. The monoisotopic (exact) mass is 272 g/mol. The number of benzene rings is 2. The fraction of sp³-hybridized carbons (Fsp3) is 0.188. The molecule has 0 aliphatic rings. The van der Waals surface area contributed by atoms with Crippen LogP contribution in [0.25, 0.3) is 0 Å². The van der Waals surface area contributed by atoms with Crippen LogP contribution in [-0.2, 0) is 0 Å². The summed E-state index contributed by atoms with van der Waals surface area (Å²) in [6.45, 7) is 2.54. The molecule has 0 unspecified atom stereocenters. The van der Waals surface area contributed by atoms with E-state index in [-0.39, 0.29) is 0 Å². The quantitative estimate of drug-likeness (QED) is 0.452. The molecule has 2 aromatic carbocycles. The Hall–Kier alpha value is -1.74. The first-order valence-electron chi connectivity index (χ1n) is 6.16. The van der Waals surface area contributed by atoms with E-state index in [1.54, 1.807) is 17.8 Å². The van der Waals surface area contributed by atoms with E-state index in [4.69, 9.17) is 4.74 Å². The number of para-hydroxylation sites is 1. The molecular formula is C16H16O2S. The molecule has 0 saturated heterocycles. The van der Waals surface area contributed by atoms with Gasteiger partial charge in [0, 0.05) is 10.6 Å². The van der Waals surface area contributed by atoms with Gasteiger partial charge in [0.1, 0.15) is 5.75 Å². The number of aryl methyl sites for hydroxylation is 1. The van der Waals surface area contributed by atoms with E-state index >= 15 is 0 Å². The largest absolute Gasteiger partial charge is 0.492 e. The van der Waals surface area contributed by atoms with Crippen LogP contribution in [0.5, 0.6) is 5.75 Å². The highest BCUT2D eigenvalue weighted by Gasteiger charge is 2.05. The zero-order valence-electron chi connectivity index (χ0n) is 10.8. The number of thioether (sulfide) groups is 1. The molecule has 0 radical (unpaired) electrons. The van der Waals surface area contributed by atoms with Gasteiger partial charge >= 0.3 is 0 Å². The highest BCUT2D eigenvalue weighted by Crippen LogP contribution is 2.23. The van der Waals surface area contributed by atoms with Crippen molar-refractivity contribution in [1.82, 2.24) is 0 Å². The van der Waals surface area contributed by atoms with Crippen LogP contribution in [0.3, 0.4) is 0 Å². The number of hydrogen-bond acceptors (Lipinski definition) is 3. The van der Waals surface area contributed by atoms with E-state index in [2.05, 4.69) is 12.1 Å². The fourth-order valence-electron chi connectivity index (χ4n) is 1.79. The SMILES string of the molecule is Cc1cccc(C=O)c1OCCSc1ccccc1. The lowest BCUT2D eigenvalue weighted by Crippen LogP contribution is -2.03. The van der Waals surface area contributed by atoms with Crippen molar-refractivity contribution in [1.29, 1.82) is 0 Å². The highest BCUT2D eigenvalue weighted by atomic mass is 32.2. The maximum Gasteiger partial charge on any atom is 0.153 e. The van der Waals surface area contributed by atoms with Crippen LogP contribution in [0.2, 0.25) is 0 Å². The van der Waals surface area contributed by atoms with Gasteiger partial charge in [-0.3, -0.25) is 4.79 Å². The second kappa shape index (κ2) is 7.00. The van der Waals surface area contributed by atoms with Crippen LogP contribution in [0.15, 0.2) is 53.4 Å². The average molecular weight is 272 g/mol. The molecule has 0 saturated carbocycles. The van der Waals surface area contributed by atoms with E-state index in [1.165, 1.54) is 4.90 Å². The van der Waals surface area contributed by atoms with Crippen molar-refractivity contribution >= 4 is 18.0 Å². The maximum atomic E-state index is 10.9. The molecule has 0 aliphatic carbocycles. The summed E-state index contributed by atoms with van der Waals surface area (Å²) in [5.41, 5.74) is 1.61. The van der Waals surface area contributed by atoms with Gasteiger partial charge in [0.25, 0.3) is 0 Å². The summed E-state index contributed by atoms with van der Waals surface area (Å²) in [6, 6.07) is 15.8. The molecule has 2 nitrogen and oxygen atoms in total. The number of rotatable bonds is 6. The minimum atomic E-state index is 0.589. The number of carbonyl (C=O) groups excluding carboxylic acids is 1. The second-order valence-corrected chi connectivity index (χ2v) is 5.29. The third kappa shape index (κ3) is 3.86. The van der Waals surface area contributed by atoms with Crippen molar-refractivity contribution in [3.8, 4) is 5.75 Å². The molecule has 2 rings (SSSR count). The Balaban J connectivity index is 1.88. The summed E-state index contributed by atoms with van der Waals surface area (Å²) >= 11 is 1.75. The minimum absolute atomic E-state index is 0.589. The molecule has 0 spiro atoms. The maximum absolute atomic E-state index is 10.9. The van der Waals surface area contributed by atoms with Gasteiger partial charge < -0.3 is 4.74 Å². The third-order valence-corrected chi connectivity index (χ3v) is 3.69. The average Bonchev–Trinajstić information content (AvgIpc) is 2.46. The first-order valence-corrected chi connectivity index (χ1v) is 7.15. The first-order chi connectivity index (χ1) is 9.31. The van der Waals surface area contributed by atoms with Gasteiger partial charge in [0.15, 0.2) is 6.29 Å². The van der Waals surface area contributed by atoms with Crippen molar-refractivity contribution < 1.29 is 9.53 Å². The molecule has 0 aromatic heterocycles. The highest BCUT2D eigenvalue weighted by molar-refractivity contribution is 7.99. The van der Waals surface area contributed by atoms with Crippen LogP contribution in [0, 0.1) is 6.92 Å². The zero-order valence-corrected chi connectivity index (χ0v) is 11.7. The Morgan fingerprint density at radius 2 is 1.89 bits per heavy atom. The summed E-state index contributed by atoms with van der Waals surface area (Å²) in [5, 5.41) is 0. The molecule has 19 heavy (non-hydrogen) atoms. The molecule has 0 N–H and O–H groups in total. The number of hydrogen-bond donors (Lipinski definition) is 0. The molecule has 0 bridgehead atoms. The van der Waals surface area contributed by atoms with Gasteiger partial charge in [-0.25, -0.2) is 0 Å². The molecule has 0 atom stereocenters. The number of carbonyl (C=O) groups is 1. The lowest BCUT2D eigenvalue weighted by Gasteiger charge is -2.10. The first kappa shape index (κ1) is 13.7. The van der Waals surface area contributed by atoms with E-state index in [1.807, 2.05) is 37.3 Å². The van der Waals surface area contributed by atoms with E-state index in [0.29, 0.717) is 17.9 Å². The molecule has 3 heteroatoms. The van der Waals surface area contributed by atoms with Crippen LogP contribution in [0.1, 0.15) is 15.9 Å². The van der Waals surface area contributed by atoms with Crippen LogP contribution >= 0.6 is 11.8 Å². The van der Waals surface area contributed by atoms with Crippen LogP contribution in [-0.4, -0.2) is 18.6 Å². The summed E-state index contributed by atoms with van der Waals surface area (Å²) in [6.07, 6.45) is 0.840. The van der Waals surface area contributed by atoms with Gasteiger partial charge in [-0.05, 0) is 30.7 Å². The Kier molecular flexibility index (Phi) is 5.04. The van der Waals surface area contributed by atoms with Gasteiger partial charge in [-0.2, -0.15) is 0 Å². The zero-order chi connectivity index (χ0) is 13.5. The predicted molar refractivity (Wildman–Crippen MR) is 79.2 cm³/mol. The molecule has 0 heterocycles. The Labute approximate surface area is 117 Å². The molecule has 2 aromatic rings. The van der Waals surface area contributed by atoms with Crippen molar-refractivity contribution in [2.75, 3.05) is 12.4 Å². The summed E-state index contributed by atoms with van der Waals surface area (Å²) in [7, 11) is 0. The standard InChI is InChI=1S/C16H16O2S/c1-13-6-5-7-14(12-17)16(13)18-10-11-19-15-8-3-2-4-9-15/h2-9,12H,10-11H2,1H3. The van der Waals surface area contributed by atoms with Crippen LogP contribution < -0.4 is 4.74 Å². The van der Waals surface area contributed by atoms with Crippen molar-refractivity contribution in [2.24, 2.45) is 0 Å². The minimum Gasteiger partial charge on any atom is -0.492 e. The lowest BCUT2D eigenvalue weighted by molar-refractivity contribution is 0.111. The lowest BCUT2D eigenvalue weighted by atomic mass is 10.1. The van der Waals surface area contributed by atoms with Crippen molar-refractivity contribution in [2.45, 2.75) is 11.8 Å². The molecular weight excluding hydrogens is 256 g/mol. The van der Waals surface area contributed by atoms with E-state index in [9.17, 15) is 4.79 Å². The second-order valence-electron chi connectivity index (χ2n) is 4.12. The number of ether oxygens (including phenoxy) is 1. The summed E-state index contributed by atoms with van der Waals surface area (Å²) in [5.74, 6) is 1.56. The van der Waals surface area contributed by atoms with Crippen molar-refractivity contribution in [3.05, 3.63) is 59.7 Å². The molecule has 0 fully saturated rings. The Morgan fingerprint density at radius 3 is 2.63 bits per heavy atom. The van der Waals surface area contributed by atoms with Crippen molar-refractivity contribution in [3.63, 3.8) is 0 Å². The van der Waals surface area contributed by atoms with Gasteiger partial charge in [-0.1, -0.05) is 30.3 Å². The smallest absolute Gasteiger partial charge is 0.153 e. The van der Waals surface area contributed by atoms with Gasteiger partial charge in [-0.15, -0.1) is 11.8 Å². The van der Waals surface area contributed by atoms with Crippen LogP contribution in [0.4, 0.5) is 0 Å². The Morgan fingerprint density at radius 1 is 1.11 bits per heavy atom. The third-order valence-electron chi connectivity index (χ3n) is 2.71. The van der Waals surface area contributed by atoms with Gasteiger partial charge in [0.05, 0.1) is 12.2 Å².